The van der Waals surface area contributed by atoms with Gasteiger partial charge in [0.25, 0.3) is 11.7 Å². The third-order valence-electron chi connectivity index (χ3n) is 5.42. The molecule has 7 heteroatoms. The predicted octanol–water partition coefficient (Wildman–Crippen LogP) is 5.37. The molecule has 1 atom stereocenters. The fourth-order valence-electron chi connectivity index (χ4n) is 3.91. The summed E-state index contributed by atoms with van der Waals surface area (Å²) in [5, 5.41) is 11.8. The summed E-state index contributed by atoms with van der Waals surface area (Å²) in [7, 11) is 1.47. The van der Waals surface area contributed by atoms with Gasteiger partial charge in [-0.3, -0.25) is 14.5 Å². The zero-order valence-corrected chi connectivity index (χ0v) is 18.9. The Labute approximate surface area is 196 Å². The maximum atomic E-state index is 13.2. The molecule has 0 aliphatic carbocycles. The van der Waals surface area contributed by atoms with Gasteiger partial charge in [-0.15, -0.1) is 0 Å². The molecule has 1 unspecified atom stereocenters. The minimum atomic E-state index is -0.855. The number of aliphatic hydroxyl groups is 1. The van der Waals surface area contributed by atoms with Crippen LogP contribution in [0.2, 0.25) is 5.02 Å². The second-order valence-corrected chi connectivity index (χ2v) is 7.78. The molecule has 0 spiro atoms. The number of hydrogen-bond acceptors (Lipinski definition) is 5. The van der Waals surface area contributed by atoms with Crippen LogP contribution in [0.1, 0.15) is 24.1 Å². The topological polar surface area (TPSA) is 76.1 Å². The maximum Gasteiger partial charge on any atom is 0.300 e. The number of carbonyl (C=O) groups excluding carboxylic acids is 2. The summed E-state index contributed by atoms with van der Waals surface area (Å²) in [6.07, 6.45) is 0. The second kappa shape index (κ2) is 9.38. The molecule has 168 valence electrons. The number of nitrogens with zero attached hydrogens (tertiary/aromatic N) is 1. The third-order valence-corrected chi connectivity index (χ3v) is 5.67. The molecular weight excluding hydrogens is 442 g/mol. The number of anilines is 1. The molecule has 1 amide bonds. The summed E-state index contributed by atoms with van der Waals surface area (Å²) in [4.78, 5) is 27.8. The lowest BCUT2D eigenvalue weighted by atomic mass is 9.94. The van der Waals surface area contributed by atoms with Crippen molar-refractivity contribution in [2.75, 3.05) is 18.6 Å². The van der Waals surface area contributed by atoms with Gasteiger partial charge in [0.1, 0.15) is 17.3 Å². The highest BCUT2D eigenvalue weighted by Gasteiger charge is 2.47. The van der Waals surface area contributed by atoms with E-state index in [9.17, 15) is 14.7 Å². The number of rotatable bonds is 6. The molecule has 3 aromatic rings. The molecule has 1 fully saturated rings. The van der Waals surface area contributed by atoms with Gasteiger partial charge >= 0.3 is 0 Å². The predicted molar refractivity (Wildman–Crippen MR) is 127 cm³/mol. The average Bonchev–Trinajstić information content (AvgIpc) is 3.10. The summed E-state index contributed by atoms with van der Waals surface area (Å²) in [5.74, 6) is -0.784. The number of Topliss-reactive ketones (excluding diaryl/α,β-unsaturated/α-hetero) is 1. The molecule has 1 aliphatic rings. The largest absolute Gasteiger partial charge is 0.507 e. The number of ether oxygens (including phenoxy) is 2. The normalized spacial score (nSPS) is 17.3. The van der Waals surface area contributed by atoms with Crippen molar-refractivity contribution >= 4 is 34.7 Å². The van der Waals surface area contributed by atoms with E-state index in [-0.39, 0.29) is 11.3 Å². The lowest BCUT2D eigenvalue weighted by Crippen LogP contribution is -2.29. The van der Waals surface area contributed by atoms with Gasteiger partial charge in [0, 0.05) is 10.7 Å². The van der Waals surface area contributed by atoms with E-state index in [2.05, 4.69) is 0 Å². The SMILES string of the molecule is CCOc1ccc(C2/C(=C(/O)c3ccccc3OC)C(=O)C(=O)N2c2ccc(Cl)cc2)cc1. The van der Waals surface area contributed by atoms with Gasteiger partial charge < -0.3 is 14.6 Å². The smallest absolute Gasteiger partial charge is 0.300 e. The number of methoxy groups -OCH3 is 1. The molecule has 0 saturated carbocycles. The average molecular weight is 464 g/mol. The van der Waals surface area contributed by atoms with Crippen LogP contribution in [0.25, 0.3) is 5.76 Å². The third kappa shape index (κ3) is 4.17. The van der Waals surface area contributed by atoms with Crippen LogP contribution in [0.3, 0.4) is 0 Å². The van der Waals surface area contributed by atoms with Crippen LogP contribution in [0.4, 0.5) is 5.69 Å². The Morgan fingerprint density at radius 2 is 1.67 bits per heavy atom. The lowest BCUT2D eigenvalue weighted by Gasteiger charge is -2.25. The number of carbonyl (C=O) groups is 2. The van der Waals surface area contributed by atoms with E-state index in [4.69, 9.17) is 21.1 Å². The highest BCUT2D eigenvalue weighted by molar-refractivity contribution is 6.51. The van der Waals surface area contributed by atoms with Gasteiger partial charge in [-0.2, -0.15) is 0 Å². The summed E-state index contributed by atoms with van der Waals surface area (Å²) < 4.78 is 10.9. The fraction of sp³-hybridized carbons (Fsp3) is 0.154. The Bertz CT molecular complexity index is 1220. The molecule has 1 saturated heterocycles. The van der Waals surface area contributed by atoms with Crippen molar-refractivity contribution in [2.24, 2.45) is 0 Å². The van der Waals surface area contributed by atoms with E-state index in [1.165, 1.54) is 12.0 Å². The quantitative estimate of drug-likeness (QED) is 0.302. The van der Waals surface area contributed by atoms with Crippen molar-refractivity contribution in [1.29, 1.82) is 0 Å². The van der Waals surface area contributed by atoms with E-state index in [0.717, 1.165) is 0 Å². The van der Waals surface area contributed by atoms with Gasteiger partial charge in [0.05, 0.1) is 30.9 Å². The number of benzene rings is 3. The van der Waals surface area contributed by atoms with Crippen LogP contribution in [-0.4, -0.2) is 30.5 Å². The summed E-state index contributed by atoms with van der Waals surface area (Å²) in [5.41, 5.74) is 1.43. The van der Waals surface area contributed by atoms with E-state index >= 15 is 0 Å². The van der Waals surface area contributed by atoms with Crippen LogP contribution < -0.4 is 14.4 Å². The van der Waals surface area contributed by atoms with Crippen molar-refractivity contribution in [3.63, 3.8) is 0 Å². The van der Waals surface area contributed by atoms with Crippen LogP contribution >= 0.6 is 11.6 Å². The number of para-hydroxylation sites is 1. The first-order valence-electron chi connectivity index (χ1n) is 10.4. The molecule has 0 radical (unpaired) electrons. The van der Waals surface area contributed by atoms with Crippen molar-refractivity contribution in [3.05, 3.63) is 94.5 Å². The Kier molecular flexibility index (Phi) is 6.38. The Morgan fingerprint density at radius 3 is 2.30 bits per heavy atom. The lowest BCUT2D eigenvalue weighted by molar-refractivity contribution is -0.132. The number of halogens is 1. The molecule has 0 bridgehead atoms. The molecule has 1 aliphatic heterocycles. The zero-order valence-electron chi connectivity index (χ0n) is 18.1. The van der Waals surface area contributed by atoms with E-state index < -0.39 is 17.7 Å². The molecule has 3 aromatic carbocycles. The van der Waals surface area contributed by atoms with Crippen molar-refractivity contribution < 1.29 is 24.2 Å². The molecule has 1 N–H and O–H groups in total. The first kappa shape index (κ1) is 22.4. The number of aliphatic hydroxyl groups excluding tert-OH is 1. The maximum absolute atomic E-state index is 13.2. The summed E-state index contributed by atoms with van der Waals surface area (Å²) in [6, 6.07) is 19.6. The van der Waals surface area contributed by atoms with E-state index in [1.54, 1.807) is 72.8 Å². The van der Waals surface area contributed by atoms with Crippen LogP contribution in [-0.2, 0) is 9.59 Å². The van der Waals surface area contributed by atoms with Crippen LogP contribution in [0, 0.1) is 0 Å². The number of amides is 1. The van der Waals surface area contributed by atoms with E-state index in [0.29, 0.717) is 39.9 Å². The second-order valence-electron chi connectivity index (χ2n) is 7.35. The van der Waals surface area contributed by atoms with Crippen molar-refractivity contribution in [2.45, 2.75) is 13.0 Å². The van der Waals surface area contributed by atoms with Crippen molar-refractivity contribution in [3.8, 4) is 11.5 Å². The van der Waals surface area contributed by atoms with Crippen LogP contribution in [0.15, 0.2) is 78.4 Å². The fourth-order valence-corrected chi connectivity index (χ4v) is 4.04. The minimum absolute atomic E-state index is 0.0244. The molecule has 1 heterocycles. The van der Waals surface area contributed by atoms with Gasteiger partial charge in [-0.25, -0.2) is 0 Å². The number of hydrogen-bond donors (Lipinski definition) is 1. The molecular formula is C26H22ClNO5. The Balaban J connectivity index is 1.93. The van der Waals surface area contributed by atoms with Crippen LogP contribution in [0.5, 0.6) is 11.5 Å². The summed E-state index contributed by atoms with van der Waals surface area (Å²) in [6.45, 7) is 2.40. The molecule has 4 rings (SSSR count). The van der Waals surface area contributed by atoms with Gasteiger partial charge in [-0.05, 0) is 61.0 Å². The standard InChI is InChI=1S/C26H22ClNO5/c1-3-33-19-14-8-16(9-15-19)23-22(24(29)20-6-4-5-7-21(20)32-2)25(30)26(31)28(23)18-12-10-17(27)11-13-18/h4-15,23,29H,3H2,1-2H3/b24-22-. The Hall–Kier alpha value is -3.77. The zero-order chi connectivity index (χ0) is 23.5. The van der Waals surface area contributed by atoms with Gasteiger partial charge in [-0.1, -0.05) is 35.9 Å². The first-order valence-corrected chi connectivity index (χ1v) is 10.8. The van der Waals surface area contributed by atoms with E-state index in [1.807, 2.05) is 6.92 Å². The monoisotopic (exact) mass is 463 g/mol. The molecule has 0 aromatic heterocycles. The Morgan fingerprint density at radius 1 is 1.00 bits per heavy atom. The molecule has 33 heavy (non-hydrogen) atoms. The number of ketones is 1. The van der Waals surface area contributed by atoms with Gasteiger partial charge in [0.2, 0.25) is 0 Å². The molecule has 6 nitrogen and oxygen atoms in total. The highest BCUT2D eigenvalue weighted by atomic mass is 35.5. The van der Waals surface area contributed by atoms with Crippen molar-refractivity contribution in [1.82, 2.24) is 0 Å². The minimum Gasteiger partial charge on any atom is -0.507 e. The highest BCUT2D eigenvalue weighted by Crippen LogP contribution is 2.43. The van der Waals surface area contributed by atoms with Gasteiger partial charge in [0.15, 0.2) is 0 Å². The first-order chi connectivity index (χ1) is 16.0. The summed E-state index contributed by atoms with van der Waals surface area (Å²) >= 11 is 6.03.